The molecule has 0 aromatic carbocycles. The van der Waals surface area contributed by atoms with Crippen LogP contribution in [0.3, 0.4) is 0 Å². The molecule has 0 spiro atoms. The number of rotatable bonds is 6. The van der Waals surface area contributed by atoms with Gasteiger partial charge in [-0.3, -0.25) is 4.79 Å². The summed E-state index contributed by atoms with van der Waals surface area (Å²) in [6.07, 6.45) is 6.34. The quantitative estimate of drug-likeness (QED) is 0.584. The number of halogens is 1. The van der Waals surface area contributed by atoms with E-state index in [1.807, 2.05) is 36.6 Å². The van der Waals surface area contributed by atoms with Crippen LogP contribution in [0.2, 0.25) is 4.34 Å². The van der Waals surface area contributed by atoms with Crippen molar-refractivity contribution >= 4 is 52.3 Å². The Morgan fingerprint density at radius 1 is 1.38 bits per heavy atom. The van der Waals surface area contributed by atoms with Gasteiger partial charge in [-0.25, -0.2) is 4.68 Å². The summed E-state index contributed by atoms with van der Waals surface area (Å²) >= 11 is 9.06. The number of hydrogen-bond acceptors (Lipinski definition) is 5. The molecular formula is C17H15ClN2O2S2. The molecule has 7 heteroatoms. The first-order valence-electron chi connectivity index (χ1n) is 7.40. The van der Waals surface area contributed by atoms with Gasteiger partial charge in [0.1, 0.15) is 4.34 Å². The number of ether oxygens (including phenoxy) is 1. The Labute approximate surface area is 153 Å². The molecule has 0 fully saturated rings. The number of carbonyl (C=O) groups is 1. The molecule has 3 rings (SSSR count). The topological polar surface area (TPSA) is 44.1 Å². The number of nitrogens with zero attached hydrogens (tertiary/aromatic N) is 2. The Morgan fingerprint density at radius 2 is 2.25 bits per heavy atom. The lowest BCUT2D eigenvalue weighted by Gasteiger charge is -2.06. The molecule has 0 atom stereocenters. The van der Waals surface area contributed by atoms with Crippen LogP contribution in [0.25, 0.3) is 12.2 Å². The van der Waals surface area contributed by atoms with E-state index >= 15 is 0 Å². The van der Waals surface area contributed by atoms with E-state index in [1.165, 1.54) is 16.0 Å². The predicted molar refractivity (Wildman–Crippen MR) is 100 cm³/mol. The second kappa shape index (κ2) is 7.79. The molecule has 0 saturated heterocycles. The number of hydrogen-bond donors (Lipinski definition) is 0. The number of carbonyl (C=O) groups excluding carboxylic acids is 1. The normalized spacial score (nSPS) is 11.2. The molecule has 3 heterocycles. The van der Waals surface area contributed by atoms with E-state index < -0.39 is 0 Å². The van der Waals surface area contributed by atoms with Gasteiger partial charge in [-0.1, -0.05) is 24.6 Å². The number of aromatic nitrogens is 2. The van der Waals surface area contributed by atoms with Crippen LogP contribution in [0, 0.1) is 0 Å². The molecule has 0 aliphatic heterocycles. The third-order valence-electron chi connectivity index (χ3n) is 3.16. The smallest absolute Gasteiger partial charge is 0.282 e. The standard InChI is InChI=1S/C17H15ClN2O2S2/c1-2-9-22-15-14(11-24-16(15)18)17(21)20-8-7-12(19-20)5-6-13-4-3-10-23-13/h3-8,10-11H,2,9H2,1H3. The molecule has 0 aliphatic rings. The zero-order valence-corrected chi connectivity index (χ0v) is 15.3. The van der Waals surface area contributed by atoms with Crippen molar-refractivity contribution in [3.63, 3.8) is 0 Å². The first kappa shape index (κ1) is 17.0. The first-order valence-corrected chi connectivity index (χ1v) is 9.54. The second-order valence-electron chi connectivity index (χ2n) is 4.94. The summed E-state index contributed by atoms with van der Waals surface area (Å²) in [6, 6.07) is 5.81. The van der Waals surface area contributed by atoms with Crippen molar-refractivity contribution in [2.45, 2.75) is 13.3 Å². The fraction of sp³-hybridized carbons (Fsp3) is 0.176. The Morgan fingerprint density at radius 3 is 3.00 bits per heavy atom. The van der Waals surface area contributed by atoms with Crippen molar-refractivity contribution in [3.8, 4) is 5.75 Å². The molecule has 4 nitrogen and oxygen atoms in total. The van der Waals surface area contributed by atoms with Crippen molar-refractivity contribution in [1.82, 2.24) is 9.78 Å². The summed E-state index contributed by atoms with van der Waals surface area (Å²) in [6.45, 7) is 2.52. The zero-order valence-electron chi connectivity index (χ0n) is 12.9. The molecule has 0 bridgehead atoms. The fourth-order valence-corrected chi connectivity index (χ4v) is 3.64. The Kier molecular flexibility index (Phi) is 5.50. The minimum Gasteiger partial charge on any atom is -0.490 e. The molecule has 0 N–H and O–H groups in total. The van der Waals surface area contributed by atoms with Crippen LogP contribution >= 0.6 is 34.3 Å². The van der Waals surface area contributed by atoms with Gasteiger partial charge in [0.05, 0.1) is 17.9 Å². The van der Waals surface area contributed by atoms with Gasteiger partial charge in [-0.2, -0.15) is 5.10 Å². The molecule has 24 heavy (non-hydrogen) atoms. The largest absolute Gasteiger partial charge is 0.490 e. The Hall–Kier alpha value is -1.89. The van der Waals surface area contributed by atoms with Crippen molar-refractivity contribution in [2.24, 2.45) is 0 Å². The van der Waals surface area contributed by atoms with Gasteiger partial charge in [0.2, 0.25) is 0 Å². The highest BCUT2D eigenvalue weighted by molar-refractivity contribution is 7.15. The van der Waals surface area contributed by atoms with E-state index in [1.54, 1.807) is 29.0 Å². The van der Waals surface area contributed by atoms with E-state index in [4.69, 9.17) is 16.3 Å². The van der Waals surface area contributed by atoms with Crippen LogP contribution in [0.1, 0.15) is 34.3 Å². The predicted octanol–water partition coefficient (Wildman–Crippen LogP) is 5.31. The second-order valence-corrected chi connectivity index (χ2v) is 7.40. The average Bonchev–Trinajstić information content (AvgIpc) is 3.32. The molecule has 3 aromatic rings. The van der Waals surface area contributed by atoms with Crippen molar-refractivity contribution in [3.05, 3.63) is 55.6 Å². The zero-order chi connectivity index (χ0) is 16.9. The SMILES string of the molecule is CCCOc1c(C(=O)n2ccc(C=Cc3cccs3)n2)csc1Cl. The van der Waals surface area contributed by atoms with E-state index in [0.717, 1.165) is 11.3 Å². The van der Waals surface area contributed by atoms with Crippen LogP contribution in [-0.4, -0.2) is 22.3 Å². The minimum absolute atomic E-state index is 0.250. The molecule has 0 unspecified atom stereocenters. The van der Waals surface area contributed by atoms with Gasteiger partial charge < -0.3 is 4.74 Å². The lowest BCUT2D eigenvalue weighted by Crippen LogP contribution is -2.13. The van der Waals surface area contributed by atoms with Crippen molar-refractivity contribution in [2.75, 3.05) is 6.61 Å². The van der Waals surface area contributed by atoms with Gasteiger partial charge >= 0.3 is 0 Å². The van der Waals surface area contributed by atoms with Crippen LogP contribution < -0.4 is 4.74 Å². The van der Waals surface area contributed by atoms with Crippen LogP contribution in [0.4, 0.5) is 0 Å². The third-order valence-corrected chi connectivity index (χ3v) is 5.19. The summed E-state index contributed by atoms with van der Waals surface area (Å²) in [4.78, 5) is 13.8. The summed E-state index contributed by atoms with van der Waals surface area (Å²) in [7, 11) is 0. The van der Waals surface area contributed by atoms with Crippen LogP contribution in [0.15, 0.2) is 35.2 Å². The van der Waals surface area contributed by atoms with Crippen LogP contribution in [-0.2, 0) is 0 Å². The maximum absolute atomic E-state index is 12.6. The maximum atomic E-state index is 12.6. The average molecular weight is 379 g/mol. The highest BCUT2D eigenvalue weighted by Gasteiger charge is 2.20. The van der Waals surface area contributed by atoms with E-state index in [9.17, 15) is 4.79 Å². The summed E-state index contributed by atoms with van der Waals surface area (Å²) < 4.78 is 7.40. The lowest BCUT2D eigenvalue weighted by molar-refractivity contribution is 0.0941. The van der Waals surface area contributed by atoms with Gasteiger partial charge in [0.15, 0.2) is 5.75 Å². The maximum Gasteiger partial charge on any atom is 0.282 e. The first-order chi connectivity index (χ1) is 11.7. The number of thiophene rings is 2. The van der Waals surface area contributed by atoms with Gasteiger partial charge in [0.25, 0.3) is 5.91 Å². The summed E-state index contributed by atoms with van der Waals surface area (Å²) in [5.74, 6) is 0.194. The monoisotopic (exact) mass is 378 g/mol. The minimum atomic E-state index is -0.250. The van der Waals surface area contributed by atoms with Gasteiger partial charge in [-0.15, -0.1) is 22.7 Å². The Bertz CT molecular complexity index is 850. The van der Waals surface area contributed by atoms with E-state index in [-0.39, 0.29) is 5.91 Å². The van der Waals surface area contributed by atoms with Crippen LogP contribution in [0.5, 0.6) is 5.75 Å². The molecule has 0 aliphatic carbocycles. The van der Waals surface area contributed by atoms with E-state index in [0.29, 0.717) is 28.0 Å². The fourth-order valence-electron chi connectivity index (χ4n) is 2.03. The van der Waals surface area contributed by atoms with Crippen molar-refractivity contribution < 1.29 is 9.53 Å². The van der Waals surface area contributed by atoms with Crippen molar-refractivity contribution in [1.29, 1.82) is 0 Å². The third kappa shape index (κ3) is 3.77. The molecule has 0 amide bonds. The summed E-state index contributed by atoms with van der Waals surface area (Å²) in [5.41, 5.74) is 1.16. The van der Waals surface area contributed by atoms with Gasteiger partial charge in [-0.05, 0) is 36.1 Å². The van der Waals surface area contributed by atoms with Gasteiger partial charge in [0, 0.05) is 16.5 Å². The summed E-state index contributed by atoms with van der Waals surface area (Å²) in [5, 5.41) is 8.03. The lowest BCUT2D eigenvalue weighted by atomic mass is 10.3. The molecule has 3 aromatic heterocycles. The van der Waals surface area contributed by atoms with E-state index in [2.05, 4.69) is 5.10 Å². The Balaban J connectivity index is 1.79. The highest BCUT2D eigenvalue weighted by Crippen LogP contribution is 2.35. The molecule has 124 valence electrons. The molecular weight excluding hydrogens is 364 g/mol. The highest BCUT2D eigenvalue weighted by atomic mass is 35.5. The molecule has 0 radical (unpaired) electrons. The molecule has 0 saturated carbocycles.